The quantitative estimate of drug-likeness (QED) is 0.643. The Balaban J connectivity index is 1.73. The zero-order valence-electron chi connectivity index (χ0n) is 15.4. The topological polar surface area (TPSA) is 84.7 Å². The zero-order valence-corrected chi connectivity index (χ0v) is 16.2. The van der Waals surface area contributed by atoms with Gasteiger partial charge in [0.25, 0.3) is 5.91 Å². The molecule has 1 amide bonds. The number of benzene rings is 2. The smallest absolute Gasteiger partial charge is 0.326 e. The van der Waals surface area contributed by atoms with Gasteiger partial charge in [-0.15, -0.1) is 0 Å². The maximum absolute atomic E-state index is 13.1. The minimum absolute atomic E-state index is 0.268. The summed E-state index contributed by atoms with van der Waals surface area (Å²) >= 11 is 5.87. The summed E-state index contributed by atoms with van der Waals surface area (Å²) in [5, 5.41) is 17.6. The highest BCUT2D eigenvalue weighted by Gasteiger charge is 2.35. The number of hydrogen-bond donors (Lipinski definition) is 2. The van der Waals surface area contributed by atoms with Crippen LogP contribution in [-0.4, -0.2) is 26.1 Å². The molecular weight excluding hydrogens is 421 g/mol. The van der Waals surface area contributed by atoms with Gasteiger partial charge in [0.1, 0.15) is 6.04 Å². The Bertz CT molecular complexity index is 1120. The summed E-state index contributed by atoms with van der Waals surface area (Å²) in [6.45, 7) is 1.67. The number of aromatic nitrogens is 4. The fraction of sp³-hybridized carbons (Fsp3) is 0.158. The molecule has 0 bridgehead atoms. The Morgan fingerprint density at radius 1 is 1.13 bits per heavy atom. The largest absolute Gasteiger partial charge is 0.416 e. The number of halogens is 4. The molecule has 7 nitrogen and oxygen atoms in total. The second-order valence-electron chi connectivity index (χ2n) is 6.59. The van der Waals surface area contributed by atoms with Crippen molar-refractivity contribution in [2.24, 2.45) is 0 Å². The van der Waals surface area contributed by atoms with Crippen molar-refractivity contribution in [3.05, 3.63) is 76.0 Å². The first-order chi connectivity index (χ1) is 14.2. The van der Waals surface area contributed by atoms with E-state index in [4.69, 9.17) is 11.6 Å². The normalized spacial score (nSPS) is 16.1. The van der Waals surface area contributed by atoms with Crippen molar-refractivity contribution in [3.63, 3.8) is 0 Å². The summed E-state index contributed by atoms with van der Waals surface area (Å²) in [4.78, 5) is 13.1. The monoisotopic (exact) mass is 434 g/mol. The second kappa shape index (κ2) is 7.45. The van der Waals surface area contributed by atoms with Crippen molar-refractivity contribution >= 4 is 29.1 Å². The van der Waals surface area contributed by atoms with E-state index in [1.165, 1.54) is 16.8 Å². The summed E-state index contributed by atoms with van der Waals surface area (Å²) in [7, 11) is 0. The van der Waals surface area contributed by atoms with E-state index in [0.29, 0.717) is 22.0 Å². The lowest BCUT2D eigenvalue weighted by molar-refractivity contribution is -0.137. The molecule has 2 aromatic carbocycles. The van der Waals surface area contributed by atoms with Crippen LogP contribution >= 0.6 is 11.6 Å². The van der Waals surface area contributed by atoms with E-state index in [9.17, 15) is 18.0 Å². The van der Waals surface area contributed by atoms with Gasteiger partial charge in [-0.05, 0) is 59.3 Å². The van der Waals surface area contributed by atoms with Crippen LogP contribution in [0.1, 0.15) is 24.1 Å². The highest BCUT2D eigenvalue weighted by Crippen LogP contribution is 2.36. The molecule has 0 radical (unpaired) electrons. The molecule has 3 aromatic rings. The van der Waals surface area contributed by atoms with Gasteiger partial charge in [0.2, 0.25) is 5.95 Å². The van der Waals surface area contributed by atoms with Crippen LogP contribution in [0, 0.1) is 0 Å². The van der Waals surface area contributed by atoms with Gasteiger partial charge in [-0.2, -0.15) is 17.9 Å². The van der Waals surface area contributed by atoms with Gasteiger partial charge in [-0.3, -0.25) is 4.79 Å². The molecule has 30 heavy (non-hydrogen) atoms. The number of nitrogens with one attached hydrogen (secondary N) is 2. The van der Waals surface area contributed by atoms with Gasteiger partial charge >= 0.3 is 6.18 Å². The van der Waals surface area contributed by atoms with Crippen molar-refractivity contribution in [3.8, 4) is 0 Å². The van der Waals surface area contributed by atoms with Crippen molar-refractivity contribution in [1.29, 1.82) is 0 Å². The molecule has 0 spiro atoms. The predicted molar refractivity (Wildman–Crippen MR) is 104 cm³/mol. The van der Waals surface area contributed by atoms with Crippen LogP contribution in [0.2, 0.25) is 5.02 Å². The minimum atomic E-state index is -4.47. The number of carbonyl (C=O) groups excluding carboxylic acids is 1. The Kier molecular flexibility index (Phi) is 4.94. The van der Waals surface area contributed by atoms with E-state index >= 15 is 0 Å². The number of anilines is 2. The first-order valence-corrected chi connectivity index (χ1v) is 9.11. The molecule has 1 unspecified atom stereocenters. The summed E-state index contributed by atoms with van der Waals surface area (Å²) in [6.07, 6.45) is -4.47. The van der Waals surface area contributed by atoms with E-state index in [1.807, 2.05) is 0 Å². The molecule has 0 aliphatic carbocycles. The van der Waals surface area contributed by atoms with E-state index in [0.717, 1.165) is 12.1 Å². The molecule has 2 heterocycles. The molecule has 1 aromatic heterocycles. The highest BCUT2D eigenvalue weighted by atomic mass is 35.5. The number of allylic oxidation sites excluding steroid dienone is 1. The van der Waals surface area contributed by atoms with Gasteiger partial charge in [0.05, 0.1) is 11.1 Å². The molecule has 1 aliphatic heterocycles. The number of amides is 1. The van der Waals surface area contributed by atoms with Crippen LogP contribution in [0.25, 0.3) is 0 Å². The Hall–Kier alpha value is -3.40. The lowest BCUT2D eigenvalue weighted by Gasteiger charge is -2.28. The zero-order chi connectivity index (χ0) is 21.5. The third kappa shape index (κ3) is 3.73. The lowest BCUT2D eigenvalue weighted by Crippen LogP contribution is -2.31. The molecule has 154 valence electrons. The molecule has 11 heteroatoms. The number of hydrogen-bond acceptors (Lipinski definition) is 5. The summed E-state index contributed by atoms with van der Waals surface area (Å²) in [5.41, 5.74) is 0.903. The number of carbonyl (C=O) groups is 1. The van der Waals surface area contributed by atoms with E-state index in [1.54, 1.807) is 31.2 Å². The van der Waals surface area contributed by atoms with E-state index in [2.05, 4.69) is 26.2 Å². The van der Waals surface area contributed by atoms with Crippen molar-refractivity contribution in [2.75, 3.05) is 10.6 Å². The van der Waals surface area contributed by atoms with Crippen LogP contribution < -0.4 is 10.6 Å². The third-order valence-corrected chi connectivity index (χ3v) is 4.87. The number of alkyl halides is 3. The Labute approximate surface area is 173 Å². The SMILES string of the molecule is CC1=C(C(=O)Nc2ccc(Cl)cc2)C(c2ccc(C(F)(F)F)cc2)n2nnnc2N1. The van der Waals surface area contributed by atoms with Crippen LogP contribution in [0.4, 0.5) is 24.8 Å². The molecule has 1 aliphatic rings. The molecule has 0 saturated carbocycles. The van der Waals surface area contributed by atoms with E-state index < -0.39 is 23.7 Å². The fourth-order valence-electron chi connectivity index (χ4n) is 3.20. The molecule has 4 rings (SSSR count). The fourth-order valence-corrected chi connectivity index (χ4v) is 3.33. The molecule has 2 N–H and O–H groups in total. The number of fused-ring (bicyclic) bond motifs is 1. The third-order valence-electron chi connectivity index (χ3n) is 4.61. The number of rotatable bonds is 3. The second-order valence-corrected chi connectivity index (χ2v) is 7.03. The van der Waals surface area contributed by atoms with Crippen molar-refractivity contribution in [2.45, 2.75) is 19.1 Å². The average molecular weight is 435 g/mol. The van der Waals surface area contributed by atoms with Gasteiger partial charge in [0, 0.05) is 16.4 Å². The van der Waals surface area contributed by atoms with Gasteiger partial charge in [0.15, 0.2) is 0 Å². The number of nitrogens with zero attached hydrogens (tertiary/aromatic N) is 4. The summed E-state index contributed by atoms with van der Waals surface area (Å²) in [6, 6.07) is 10.3. The van der Waals surface area contributed by atoms with Crippen LogP contribution in [0.3, 0.4) is 0 Å². The predicted octanol–water partition coefficient (Wildman–Crippen LogP) is 4.27. The van der Waals surface area contributed by atoms with Gasteiger partial charge in [-0.1, -0.05) is 28.8 Å². The van der Waals surface area contributed by atoms with Gasteiger partial charge in [-0.25, -0.2) is 0 Å². The van der Waals surface area contributed by atoms with Crippen LogP contribution in [-0.2, 0) is 11.0 Å². The molecular formula is C19H14ClF3N6O. The van der Waals surface area contributed by atoms with Crippen LogP contribution in [0.5, 0.6) is 0 Å². The maximum atomic E-state index is 13.1. The maximum Gasteiger partial charge on any atom is 0.416 e. The van der Waals surface area contributed by atoms with E-state index in [-0.39, 0.29) is 11.5 Å². The average Bonchev–Trinajstić information content (AvgIpc) is 3.16. The molecule has 0 fully saturated rings. The van der Waals surface area contributed by atoms with Crippen molar-refractivity contribution in [1.82, 2.24) is 20.2 Å². The van der Waals surface area contributed by atoms with Crippen molar-refractivity contribution < 1.29 is 18.0 Å². The number of tetrazole rings is 1. The highest BCUT2D eigenvalue weighted by molar-refractivity contribution is 6.30. The minimum Gasteiger partial charge on any atom is -0.326 e. The van der Waals surface area contributed by atoms with Gasteiger partial charge < -0.3 is 10.6 Å². The summed E-state index contributed by atoms with van der Waals surface area (Å²) in [5.74, 6) is -0.172. The summed E-state index contributed by atoms with van der Waals surface area (Å²) < 4.78 is 40.2. The Morgan fingerprint density at radius 2 is 1.80 bits per heavy atom. The van der Waals surface area contributed by atoms with Crippen LogP contribution in [0.15, 0.2) is 59.8 Å². The Morgan fingerprint density at radius 3 is 2.43 bits per heavy atom. The molecule has 0 saturated heterocycles. The molecule has 1 atom stereocenters. The standard InChI is InChI=1S/C19H14ClF3N6O/c1-10-15(17(30)25-14-8-6-13(20)7-9-14)16(29-18(24-10)26-27-28-29)11-2-4-12(5-3-11)19(21,22)23/h2-9,16H,1H3,(H,25,30)(H,24,26,28). The first-order valence-electron chi connectivity index (χ1n) is 8.74. The lowest BCUT2D eigenvalue weighted by atomic mass is 9.94. The first kappa shape index (κ1) is 19.9.